The highest BCUT2D eigenvalue weighted by Gasteiger charge is 2.14. The van der Waals surface area contributed by atoms with Crippen LogP contribution in [0.1, 0.15) is 34.2 Å². The van der Waals surface area contributed by atoms with E-state index in [-0.39, 0.29) is 18.1 Å². The minimum absolute atomic E-state index is 0.0645. The van der Waals surface area contributed by atoms with Crippen LogP contribution in [0.4, 0.5) is 0 Å². The molecule has 0 saturated heterocycles. The molecule has 3 rings (SSSR count). The number of Topliss-reactive ketones (excluding diaryl/α,β-unsaturated/α-hetero) is 1. The Bertz CT molecular complexity index is 969. The summed E-state index contributed by atoms with van der Waals surface area (Å²) >= 11 is 1.25. The Morgan fingerprint density at radius 2 is 1.72 bits per heavy atom. The number of carbonyl (C=O) groups is 2. The first-order valence-electron chi connectivity index (χ1n) is 9.41. The monoisotopic (exact) mass is 409 g/mol. The summed E-state index contributed by atoms with van der Waals surface area (Å²) in [6, 6.07) is 17.3. The Kier molecular flexibility index (Phi) is 7.19. The van der Waals surface area contributed by atoms with E-state index in [9.17, 15) is 9.59 Å². The normalized spacial score (nSPS) is 10.7. The maximum Gasteiger partial charge on any atom is 0.316 e. The summed E-state index contributed by atoms with van der Waals surface area (Å²) < 4.78 is 7.09. The van der Waals surface area contributed by atoms with Gasteiger partial charge in [0.15, 0.2) is 17.5 Å². The van der Waals surface area contributed by atoms with E-state index in [2.05, 4.69) is 17.1 Å². The summed E-state index contributed by atoms with van der Waals surface area (Å²) in [7, 11) is 0. The number of aromatic nitrogens is 3. The van der Waals surface area contributed by atoms with Crippen molar-refractivity contribution < 1.29 is 14.3 Å². The summed E-state index contributed by atoms with van der Waals surface area (Å²) in [6.07, 6.45) is 0.912. The molecule has 0 unspecified atom stereocenters. The number of thioether (sulfide) groups is 1. The topological polar surface area (TPSA) is 74.1 Å². The van der Waals surface area contributed by atoms with Gasteiger partial charge in [-0.25, -0.2) is 0 Å². The number of hydrogen-bond acceptors (Lipinski definition) is 6. The second-order valence-corrected chi connectivity index (χ2v) is 7.47. The molecule has 6 nitrogen and oxygen atoms in total. The summed E-state index contributed by atoms with van der Waals surface area (Å²) in [5.41, 5.74) is 2.82. The van der Waals surface area contributed by atoms with Crippen LogP contribution in [0.2, 0.25) is 0 Å². The molecule has 2 aromatic carbocycles. The molecule has 0 aliphatic heterocycles. The highest BCUT2D eigenvalue weighted by Crippen LogP contribution is 2.18. The van der Waals surface area contributed by atoms with E-state index >= 15 is 0 Å². The first-order chi connectivity index (χ1) is 14.1. The van der Waals surface area contributed by atoms with Crippen LogP contribution in [0.3, 0.4) is 0 Å². The van der Waals surface area contributed by atoms with Gasteiger partial charge in [0.05, 0.1) is 12.3 Å². The van der Waals surface area contributed by atoms with Crippen LogP contribution in [0, 0.1) is 6.92 Å². The summed E-state index contributed by atoms with van der Waals surface area (Å²) in [6.45, 7) is 4.29. The van der Waals surface area contributed by atoms with Gasteiger partial charge in [-0.2, -0.15) is 0 Å². The van der Waals surface area contributed by atoms with Crippen LogP contribution in [-0.2, 0) is 22.5 Å². The van der Waals surface area contributed by atoms with Crippen LogP contribution in [0.5, 0.6) is 0 Å². The quantitative estimate of drug-likeness (QED) is 0.305. The molecule has 0 aliphatic rings. The van der Waals surface area contributed by atoms with Crippen LogP contribution in [0.25, 0.3) is 0 Å². The van der Waals surface area contributed by atoms with Gasteiger partial charge in [-0.05, 0) is 24.5 Å². The van der Waals surface area contributed by atoms with Gasteiger partial charge in [0.2, 0.25) is 0 Å². The lowest BCUT2D eigenvalue weighted by Crippen LogP contribution is -2.16. The lowest BCUT2D eigenvalue weighted by Gasteiger charge is -2.08. The second kappa shape index (κ2) is 10.0. The lowest BCUT2D eigenvalue weighted by molar-refractivity contribution is -0.139. The SMILES string of the molecule is CCc1ccc(C(=O)COC(=O)CSc2nnc(C)n2Cc2ccccc2)cc1. The van der Waals surface area contributed by atoms with Gasteiger partial charge in [-0.3, -0.25) is 9.59 Å². The summed E-state index contributed by atoms with van der Waals surface area (Å²) in [5.74, 6) is 0.166. The van der Waals surface area contributed by atoms with E-state index in [1.165, 1.54) is 11.8 Å². The number of benzene rings is 2. The molecular formula is C22H23N3O3S. The zero-order valence-electron chi connectivity index (χ0n) is 16.5. The third kappa shape index (κ3) is 5.77. The molecule has 0 N–H and O–H groups in total. The fourth-order valence-electron chi connectivity index (χ4n) is 2.74. The van der Waals surface area contributed by atoms with Crippen molar-refractivity contribution >= 4 is 23.5 Å². The summed E-state index contributed by atoms with van der Waals surface area (Å²) in [4.78, 5) is 24.2. The molecule has 3 aromatic rings. The van der Waals surface area contributed by atoms with E-state index in [4.69, 9.17) is 4.74 Å². The predicted octanol–water partition coefficient (Wildman–Crippen LogP) is 3.72. The lowest BCUT2D eigenvalue weighted by atomic mass is 10.1. The molecule has 7 heteroatoms. The largest absolute Gasteiger partial charge is 0.457 e. The number of esters is 1. The first-order valence-corrected chi connectivity index (χ1v) is 10.4. The van der Waals surface area contributed by atoms with Gasteiger partial charge < -0.3 is 9.30 Å². The Labute approximate surface area is 174 Å². The molecule has 0 amide bonds. The molecule has 0 radical (unpaired) electrons. The average molecular weight is 410 g/mol. The molecule has 29 heavy (non-hydrogen) atoms. The van der Waals surface area contributed by atoms with E-state index in [1.807, 2.05) is 54.0 Å². The number of carbonyl (C=O) groups excluding carboxylic acids is 2. The van der Waals surface area contributed by atoms with Gasteiger partial charge in [-0.15, -0.1) is 10.2 Å². The first kappa shape index (κ1) is 20.8. The van der Waals surface area contributed by atoms with Crippen molar-refractivity contribution in [1.29, 1.82) is 0 Å². The molecule has 0 saturated carbocycles. The minimum Gasteiger partial charge on any atom is -0.457 e. The maximum atomic E-state index is 12.2. The third-order valence-electron chi connectivity index (χ3n) is 4.45. The van der Waals surface area contributed by atoms with Gasteiger partial charge in [0.25, 0.3) is 0 Å². The standard InChI is InChI=1S/C22H23N3O3S/c1-3-17-9-11-19(12-10-17)20(26)14-28-21(27)15-29-22-24-23-16(2)25(22)13-18-7-5-4-6-8-18/h4-12H,3,13-15H2,1-2H3. The van der Waals surface area contributed by atoms with Crippen LogP contribution >= 0.6 is 11.8 Å². The molecule has 0 aliphatic carbocycles. The fourth-order valence-corrected chi connectivity index (χ4v) is 3.52. The van der Waals surface area contributed by atoms with Crippen molar-refractivity contribution in [3.8, 4) is 0 Å². The van der Waals surface area contributed by atoms with Crippen molar-refractivity contribution in [2.45, 2.75) is 32.0 Å². The van der Waals surface area contributed by atoms with E-state index in [0.717, 1.165) is 23.4 Å². The second-order valence-electron chi connectivity index (χ2n) is 6.52. The van der Waals surface area contributed by atoms with Gasteiger partial charge in [0.1, 0.15) is 5.82 Å². The molecular weight excluding hydrogens is 386 g/mol. The van der Waals surface area contributed by atoms with Crippen LogP contribution in [0.15, 0.2) is 59.8 Å². The number of ketones is 1. The highest BCUT2D eigenvalue weighted by atomic mass is 32.2. The van der Waals surface area contributed by atoms with Crippen molar-refractivity contribution in [3.63, 3.8) is 0 Å². The third-order valence-corrected chi connectivity index (χ3v) is 5.39. The highest BCUT2D eigenvalue weighted by molar-refractivity contribution is 7.99. The zero-order valence-corrected chi connectivity index (χ0v) is 17.3. The molecule has 0 atom stereocenters. The average Bonchev–Trinajstić information content (AvgIpc) is 3.10. The van der Waals surface area contributed by atoms with Gasteiger partial charge in [-0.1, -0.05) is 73.3 Å². The van der Waals surface area contributed by atoms with E-state index in [0.29, 0.717) is 17.3 Å². The fraction of sp³-hybridized carbons (Fsp3) is 0.273. The van der Waals surface area contributed by atoms with Crippen LogP contribution in [-0.4, -0.2) is 38.9 Å². The van der Waals surface area contributed by atoms with Gasteiger partial charge >= 0.3 is 5.97 Å². The Hall–Kier alpha value is -2.93. The number of hydrogen-bond donors (Lipinski definition) is 0. The Morgan fingerprint density at radius 3 is 2.41 bits per heavy atom. The van der Waals surface area contributed by atoms with Crippen molar-refractivity contribution in [2.24, 2.45) is 0 Å². The van der Waals surface area contributed by atoms with Gasteiger partial charge in [0, 0.05) is 5.56 Å². The molecule has 0 spiro atoms. The molecule has 150 valence electrons. The molecule has 1 heterocycles. The minimum atomic E-state index is -0.458. The smallest absolute Gasteiger partial charge is 0.316 e. The van der Waals surface area contributed by atoms with Crippen molar-refractivity contribution in [2.75, 3.05) is 12.4 Å². The Balaban J connectivity index is 1.51. The maximum absolute atomic E-state index is 12.2. The van der Waals surface area contributed by atoms with E-state index in [1.54, 1.807) is 12.1 Å². The number of aryl methyl sites for hydroxylation is 2. The molecule has 0 fully saturated rings. The van der Waals surface area contributed by atoms with Crippen molar-refractivity contribution in [3.05, 3.63) is 77.1 Å². The molecule has 1 aromatic heterocycles. The number of rotatable bonds is 9. The number of nitrogens with zero attached hydrogens (tertiary/aromatic N) is 3. The van der Waals surface area contributed by atoms with E-state index < -0.39 is 5.97 Å². The summed E-state index contributed by atoms with van der Waals surface area (Å²) in [5, 5.41) is 8.89. The van der Waals surface area contributed by atoms with Crippen molar-refractivity contribution in [1.82, 2.24) is 14.8 Å². The molecule has 0 bridgehead atoms. The zero-order chi connectivity index (χ0) is 20.6. The number of ether oxygens (including phenoxy) is 1. The Morgan fingerprint density at radius 1 is 1.00 bits per heavy atom. The van der Waals surface area contributed by atoms with Crippen LogP contribution < -0.4 is 0 Å². The predicted molar refractivity (Wildman–Crippen MR) is 112 cm³/mol.